The maximum absolute atomic E-state index is 11.1. The van der Waals surface area contributed by atoms with E-state index in [1.54, 1.807) is 49.6 Å². The minimum Gasteiger partial charge on any atom is -0.497 e. The third-order valence-corrected chi connectivity index (χ3v) is 3.09. The van der Waals surface area contributed by atoms with E-state index in [4.69, 9.17) is 9.26 Å². The average Bonchev–Trinajstić information content (AvgIpc) is 3.05. The van der Waals surface area contributed by atoms with Gasteiger partial charge in [-0.3, -0.25) is 10.1 Å². The van der Waals surface area contributed by atoms with Crippen molar-refractivity contribution in [1.82, 2.24) is 10.1 Å². The van der Waals surface area contributed by atoms with E-state index < -0.39 is 4.92 Å². The maximum Gasteiger partial charge on any atom is 0.282 e. The van der Waals surface area contributed by atoms with Crippen LogP contribution in [0.5, 0.6) is 5.75 Å². The Morgan fingerprint density at radius 2 is 2.00 bits per heavy atom. The van der Waals surface area contributed by atoms with Gasteiger partial charge in [0.25, 0.3) is 11.6 Å². The van der Waals surface area contributed by atoms with Gasteiger partial charge in [0, 0.05) is 11.6 Å². The summed E-state index contributed by atoms with van der Waals surface area (Å²) >= 11 is 0. The van der Waals surface area contributed by atoms with Gasteiger partial charge in [-0.25, -0.2) is 0 Å². The second-order valence-corrected chi connectivity index (χ2v) is 4.43. The summed E-state index contributed by atoms with van der Waals surface area (Å²) in [5, 5.41) is 14.9. The highest BCUT2D eigenvalue weighted by Crippen LogP contribution is 2.30. The second-order valence-electron chi connectivity index (χ2n) is 4.43. The summed E-state index contributed by atoms with van der Waals surface area (Å²) in [6.45, 7) is 0. The number of nitrogens with zero attached hydrogens (tertiary/aromatic N) is 3. The van der Waals surface area contributed by atoms with Crippen LogP contribution >= 0.6 is 0 Å². The molecule has 0 spiro atoms. The molecule has 3 aromatic rings. The normalized spacial score (nSPS) is 10.4. The average molecular weight is 297 g/mol. The zero-order chi connectivity index (χ0) is 15.5. The number of ether oxygens (including phenoxy) is 1. The van der Waals surface area contributed by atoms with Gasteiger partial charge in [-0.05, 0) is 18.2 Å². The number of benzene rings is 2. The van der Waals surface area contributed by atoms with Crippen molar-refractivity contribution in [2.75, 3.05) is 7.11 Å². The van der Waals surface area contributed by atoms with E-state index in [1.807, 2.05) is 0 Å². The van der Waals surface area contributed by atoms with E-state index in [2.05, 4.69) is 10.1 Å². The van der Waals surface area contributed by atoms with E-state index in [0.717, 1.165) is 0 Å². The van der Waals surface area contributed by atoms with Gasteiger partial charge in [0.15, 0.2) is 0 Å². The number of para-hydroxylation sites is 1. The van der Waals surface area contributed by atoms with Gasteiger partial charge in [0.05, 0.1) is 12.0 Å². The first-order valence-corrected chi connectivity index (χ1v) is 6.41. The largest absolute Gasteiger partial charge is 0.497 e. The van der Waals surface area contributed by atoms with E-state index in [-0.39, 0.29) is 17.1 Å². The third kappa shape index (κ3) is 2.51. The lowest BCUT2D eigenvalue weighted by Gasteiger charge is -2.00. The predicted octanol–water partition coefficient (Wildman–Crippen LogP) is 3.32. The fourth-order valence-corrected chi connectivity index (χ4v) is 2.03. The van der Waals surface area contributed by atoms with Crippen LogP contribution in [0.15, 0.2) is 53.1 Å². The molecule has 2 aromatic carbocycles. The minimum absolute atomic E-state index is 0.0802. The molecule has 7 nitrogen and oxygen atoms in total. The van der Waals surface area contributed by atoms with Gasteiger partial charge in [-0.15, -0.1) is 0 Å². The fraction of sp³-hybridized carbons (Fsp3) is 0.0667. The maximum atomic E-state index is 11.1. The molecular weight excluding hydrogens is 286 g/mol. The molecule has 0 atom stereocenters. The van der Waals surface area contributed by atoms with E-state index >= 15 is 0 Å². The highest BCUT2D eigenvalue weighted by molar-refractivity contribution is 5.68. The van der Waals surface area contributed by atoms with Gasteiger partial charge in [-0.1, -0.05) is 29.4 Å². The van der Waals surface area contributed by atoms with Crippen LogP contribution in [0.2, 0.25) is 0 Å². The number of methoxy groups -OCH3 is 1. The monoisotopic (exact) mass is 297 g/mol. The first kappa shape index (κ1) is 13.7. The molecule has 0 saturated heterocycles. The number of hydrogen-bond donors (Lipinski definition) is 0. The Balaban J connectivity index is 2.02. The fourth-order valence-electron chi connectivity index (χ4n) is 2.03. The molecule has 0 saturated carbocycles. The van der Waals surface area contributed by atoms with Crippen molar-refractivity contribution in [1.29, 1.82) is 0 Å². The van der Waals surface area contributed by atoms with E-state index in [0.29, 0.717) is 17.1 Å². The van der Waals surface area contributed by atoms with Crippen LogP contribution in [0.4, 0.5) is 5.69 Å². The zero-order valence-corrected chi connectivity index (χ0v) is 11.6. The van der Waals surface area contributed by atoms with Crippen molar-refractivity contribution in [3.63, 3.8) is 0 Å². The smallest absolute Gasteiger partial charge is 0.282 e. The first-order chi connectivity index (χ1) is 10.7. The van der Waals surface area contributed by atoms with Gasteiger partial charge in [-0.2, -0.15) is 4.98 Å². The quantitative estimate of drug-likeness (QED) is 0.542. The zero-order valence-electron chi connectivity index (χ0n) is 11.6. The molecular formula is C15H11N3O4. The Morgan fingerprint density at radius 3 is 2.77 bits per heavy atom. The highest BCUT2D eigenvalue weighted by Gasteiger charge is 2.20. The molecule has 0 unspecified atom stereocenters. The minimum atomic E-state index is -0.481. The summed E-state index contributed by atoms with van der Waals surface area (Å²) in [6.07, 6.45) is 0. The molecule has 0 aliphatic carbocycles. The standard InChI is InChI=1S/C15H11N3O4/c1-21-11-6-4-5-10(9-11)14-16-15(22-17-14)12-7-2-3-8-13(12)18(19)20/h2-9H,1H3. The molecule has 0 N–H and O–H groups in total. The number of nitro groups is 1. The molecule has 0 aliphatic heterocycles. The molecule has 0 aliphatic rings. The van der Waals surface area contributed by atoms with Crippen LogP contribution < -0.4 is 4.74 Å². The molecule has 1 aromatic heterocycles. The number of rotatable bonds is 4. The highest BCUT2D eigenvalue weighted by atomic mass is 16.6. The Labute approximate surface area is 125 Å². The van der Waals surface area contributed by atoms with Crippen LogP contribution in [-0.4, -0.2) is 22.2 Å². The van der Waals surface area contributed by atoms with Crippen LogP contribution in [0, 0.1) is 10.1 Å². The number of hydrogen-bond acceptors (Lipinski definition) is 6. The van der Waals surface area contributed by atoms with E-state index in [1.165, 1.54) is 6.07 Å². The number of aromatic nitrogens is 2. The van der Waals surface area contributed by atoms with Crippen LogP contribution in [0.25, 0.3) is 22.8 Å². The Morgan fingerprint density at radius 1 is 1.18 bits per heavy atom. The van der Waals surface area contributed by atoms with Crippen molar-refractivity contribution in [3.05, 3.63) is 58.6 Å². The molecule has 0 amide bonds. The van der Waals surface area contributed by atoms with Crippen molar-refractivity contribution in [2.45, 2.75) is 0 Å². The Kier molecular flexibility index (Phi) is 3.53. The first-order valence-electron chi connectivity index (χ1n) is 6.41. The van der Waals surface area contributed by atoms with E-state index in [9.17, 15) is 10.1 Å². The SMILES string of the molecule is COc1cccc(-c2noc(-c3ccccc3[N+](=O)[O-])n2)c1. The van der Waals surface area contributed by atoms with Crippen LogP contribution in [-0.2, 0) is 0 Å². The van der Waals surface area contributed by atoms with Gasteiger partial charge in [0.2, 0.25) is 5.82 Å². The van der Waals surface area contributed by atoms with Gasteiger partial charge in [0.1, 0.15) is 11.3 Å². The Hall–Kier alpha value is -3.22. The lowest BCUT2D eigenvalue weighted by Crippen LogP contribution is -1.91. The number of nitro benzene ring substituents is 1. The summed E-state index contributed by atoms with van der Waals surface area (Å²) in [4.78, 5) is 14.8. The predicted molar refractivity (Wildman–Crippen MR) is 78.4 cm³/mol. The van der Waals surface area contributed by atoms with Gasteiger partial charge < -0.3 is 9.26 Å². The van der Waals surface area contributed by atoms with Gasteiger partial charge >= 0.3 is 0 Å². The molecule has 7 heteroatoms. The molecule has 3 rings (SSSR count). The van der Waals surface area contributed by atoms with Crippen LogP contribution in [0.1, 0.15) is 0 Å². The summed E-state index contributed by atoms with van der Waals surface area (Å²) in [5.74, 6) is 1.10. The lowest BCUT2D eigenvalue weighted by molar-refractivity contribution is -0.384. The van der Waals surface area contributed by atoms with Crippen molar-refractivity contribution >= 4 is 5.69 Å². The van der Waals surface area contributed by atoms with Crippen molar-refractivity contribution in [3.8, 4) is 28.6 Å². The molecule has 0 fully saturated rings. The molecule has 22 heavy (non-hydrogen) atoms. The summed E-state index contributed by atoms with van der Waals surface area (Å²) in [7, 11) is 1.56. The topological polar surface area (TPSA) is 91.3 Å². The molecule has 0 bridgehead atoms. The summed E-state index contributed by atoms with van der Waals surface area (Å²) < 4.78 is 10.3. The second kappa shape index (κ2) is 5.65. The molecule has 1 heterocycles. The molecule has 110 valence electrons. The molecule has 0 radical (unpaired) electrons. The Bertz CT molecular complexity index is 829. The summed E-state index contributed by atoms with van der Waals surface area (Å²) in [5.41, 5.74) is 0.908. The third-order valence-electron chi connectivity index (χ3n) is 3.09. The van der Waals surface area contributed by atoms with Crippen molar-refractivity contribution < 1.29 is 14.2 Å². The summed E-state index contributed by atoms with van der Waals surface area (Å²) in [6, 6.07) is 13.4. The lowest BCUT2D eigenvalue weighted by atomic mass is 10.2. The van der Waals surface area contributed by atoms with Crippen LogP contribution in [0.3, 0.4) is 0 Å². The van der Waals surface area contributed by atoms with Crippen molar-refractivity contribution in [2.24, 2.45) is 0 Å².